The molecule has 4 bridgehead atoms. The van der Waals surface area contributed by atoms with Gasteiger partial charge in [-0.05, 0) is 108 Å². The first-order chi connectivity index (χ1) is 34.5. The molecule has 5 nitrogen and oxygen atoms in total. The molecule has 1 aliphatic heterocycles. The first-order valence-corrected chi connectivity index (χ1v) is 23.7. The second kappa shape index (κ2) is 14.7. The van der Waals surface area contributed by atoms with Crippen LogP contribution < -0.4 is 14.5 Å². The zero-order valence-electron chi connectivity index (χ0n) is 41.1. The quantitative estimate of drug-likeness (QED) is 0.165. The first kappa shape index (κ1) is 37.7. The fourth-order valence-electron chi connectivity index (χ4n) is 12.8. The largest absolute Gasteiger partial charge is 0.509 e. The maximum Gasteiger partial charge on any atom is 0.135 e. The minimum atomic E-state index is -2.45. The van der Waals surface area contributed by atoms with Crippen molar-refractivity contribution in [2.45, 2.75) is 49.9 Å². The zero-order valence-corrected chi connectivity index (χ0v) is 40.3. The Bertz CT molecular complexity index is 3850. The summed E-state index contributed by atoms with van der Waals surface area (Å²) in [4.78, 5) is 8.54. The number of anilines is 3. The van der Waals surface area contributed by atoms with E-state index >= 15 is 0 Å². The van der Waals surface area contributed by atoms with Crippen LogP contribution >= 0.6 is 0 Å². The number of fused-ring (bicyclic) bond motifs is 4. The number of ether oxygens (including phenoxy) is 1. The molecule has 17 rings (SSSR count). The van der Waals surface area contributed by atoms with E-state index in [9.17, 15) is 0 Å². The van der Waals surface area contributed by atoms with Crippen LogP contribution in [0.25, 0.3) is 27.6 Å². The maximum atomic E-state index is 8.87. The Balaban J connectivity index is 0.00000482. The summed E-state index contributed by atoms with van der Waals surface area (Å²) in [6, 6.07) is 65.7. The molecule has 0 saturated heterocycles. The van der Waals surface area contributed by atoms with Crippen LogP contribution in [0.3, 0.4) is 0 Å². The second-order valence-electron chi connectivity index (χ2n) is 20.1. The van der Waals surface area contributed by atoms with E-state index in [1.54, 1.807) is 6.67 Å². The predicted octanol–water partition coefficient (Wildman–Crippen LogP) is 14.5. The fraction of sp³-hybridized carbons (Fsp3) is 0.143. The Morgan fingerprint density at radius 1 is 0.565 bits per heavy atom. The number of nitrogens with zero attached hydrogens (tertiary/aromatic N) is 4. The molecule has 0 fully saturated rings. The second-order valence-corrected chi connectivity index (χ2v) is 20.1. The molecule has 6 aliphatic carbocycles. The maximum absolute atomic E-state index is 8.87. The van der Waals surface area contributed by atoms with Gasteiger partial charge in [0.15, 0.2) is 0 Å². The molecule has 2 aromatic heterocycles. The topological polar surface area (TPSA) is 33.5 Å². The zero-order chi connectivity index (χ0) is 47.7. The van der Waals surface area contributed by atoms with Gasteiger partial charge in [0, 0.05) is 83.4 Å². The van der Waals surface area contributed by atoms with Crippen LogP contribution in [0, 0.1) is 18.8 Å². The van der Waals surface area contributed by atoms with Gasteiger partial charge in [-0.25, -0.2) is 4.98 Å². The van der Waals surface area contributed by atoms with Gasteiger partial charge in [0.25, 0.3) is 0 Å². The summed E-state index contributed by atoms with van der Waals surface area (Å²) in [6.45, 7) is 5.99. The Hall–Kier alpha value is -7.20. The van der Waals surface area contributed by atoms with Crippen molar-refractivity contribution in [3.05, 3.63) is 261 Å². The van der Waals surface area contributed by atoms with Crippen molar-refractivity contribution in [1.29, 1.82) is 0 Å². The summed E-state index contributed by atoms with van der Waals surface area (Å²) in [5.41, 5.74) is 20.6. The summed E-state index contributed by atoms with van der Waals surface area (Å²) < 4.78 is 35.7. The van der Waals surface area contributed by atoms with Gasteiger partial charge in [-0.2, -0.15) is 18.8 Å². The van der Waals surface area contributed by atoms with E-state index in [2.05, 4.69) is 177 Å². The van der Waals surface area contributed by atoms with E-state index in [0.29, 0.717) is 22.9 Å². The Labute approximate surface area is 421 Å². The average Bonchev–Trinajstić information content (AvgIpc) is 3.95. The van der Waals surface area contributed by atoms with Crippen molar-refractivity contribution < 1.29 is 29.9 Å². The van der Waals surface area contributed by atoms with Crippen LogP contribution in [0.4, 0.5) is 17.1 Å². The fourth-order valence-corrected chi connectivity index (χ4v) is 12.8. The summed E-state index contributed by atoms with van der Waals surface area (Å²) in [6.07, 6.45) is 1.93. The number of hydrogen-bond donors (Lipinski definition) is 0. The van der Waals surface area contributed by atoms with E-state index in [4.69, 9.17) is 13.8 Å². The van der Waals surface area contributed by atoms with Crippen LogP contribution in [0.5, 0.6) is 11.5 Å². The standard InChI is InChI=1S/C63H45N4O.Pt/c1-63(2,3)36-30-31-64-54(32-36)67-53-34-39(24-25-40(53)49-26-27-50-55-41-16-5-9-20-45(41)57(59(50)61(49)67)46-21-10-6-17-42(46)55)68-38-15-13-14-37(33-38)66-35-65(4)62-52(66)29-28-51-56-43-18-7-11-22-47(43)58(60(51)62)48-23-12-8-19-44(48)56;/h5-32,35,55-58H,1-4H3;/q-3;/i4D3;. The Kier molecular flexibility index (Phi) is 8.02. The molecule has 10 aromatic rings. The Morgan fingerprint density at radius 3 is 1.72 bits per heavy atom. The normalized spacial score (nSPS) is 19.3. The molecule has 7 aliphatic rings. The molecule has 69 heavy (non-hydrogen) atoms. The van der Waals surface area contributed by atoms with Crippen LogP contribution in [0.2, 0.25) is 0 Å². The van der Waals surface area contributed by atoms with Gasteiger partial charge < -0.3 is 19.1 Å². The van der Waals surface area contributed by atoms with E-state index in [1.807, 2.05) is 35.4 Å². The number of rotatable bonds is 4. The monoisotopic (exact) mass is 1070 g/mol. The van der Waals surface area contributed by atoms with Crippen LogP contribution in [-0.4, -0.2) is 16.5 Å². The van der Waals surface area contributed by atoms with Gasteiger partial charge in [0.2, 0.25) is 0 Å². The smallest absolute Gasteiger partial charge is 0.135 e. The molecule has 3 heterocycles. The molecule has 8 aromatic carbocycles. The number of aromatic nitrogens is 2. The SMILES string of the molecule is [2H]C([2H])([2H])N1[CH-]N(c2[c-]c(Oc3[c-]c4c(cc3)c3ccc5c(c3n4-c3cc(C(C)(C)C)ccn3)C3c4ccccc4C5c4ccccc43)ccc2)c2ccc3c(c21)C1c2ccccc2C3c2ccccc21.[Pt]. The molecule has 0 saturated carbocycles. The molecule has 0 amide bonds. The minimum Gasteiger partial charge on any atom is -0.509 e. The van der Waals surface area contributed by atoms with Crippen molar-refractivity contribution in [3.63, 3.8) is 0 Å². The summed E-state index contributed by atoms with van der Waals surface area (Å²) in [5, 5.41) is 2.21. The molecular formula is C63H45N4OPt-3. The summed E-state index contributed by atoms with van der Waals surface area (Å²) >= 11 is 0. The van der Waals surface area contributed by atoms with Gasteiger partial charge in [-0.3, -0.25) is 0 Å². The minimum absolute atomic E-state index is 0. The van der Waals surface area contributed by atoms with Crippen molar-refractivity contribution in [1.82, 2.24) is 9.55 Å². The molecule has 0 N–H and O–H groups in total. The van der Waals surface area contributed by atoms with E-state index < -0.39 is 6.98 Å². The number of benzene rings is 8. The van der Waals surface area contributed by atoms with Crippen LogP contribution in [0.1, 0.15) is 121 Å². The van der Waals surface area contributed by atoms with Gasteiger partial charge in [-0.1, -0.05) is 142 Å². The van der Waals surface area contributed by atoms with Crippen LogP contribution in [0.15, 0.2) is 170 Å². The third-order valence-electron chi connectivity index (χ3n) is 15.6. The molecule has 6 heteroatoms. The summed E-state index contributed by atoms with van der Waals surface area (Å²) in [5.74, 6) is 1.94. The van der Waals surface area contributed by atoms with E-state index in [0.717, 1.165) is 44.4 Å². The summed E-state index contributed by atoms with van der Waals surface area (Å²) in [7, 11) is 0. The molecule has 0 spiro atoms. The number of pyridine rings is 1. The van der Waals surface area contributed by atoms with Crippen molar-refractivity contribution >= 4 is 38.9 Å². The van der Waals surface area contributed by atoms with Gasteiger partial charge in [0.1, 0.15) is 5.82 Å². The van der Waals surface area contributed by atoms with E-state index in [1.165, 1.54) is 66.1 Å². The van der Waals surface area contributed by atoms with E-state index in [-0.39, 0.29) is 50.2 Å². The van der Waals surface area contributed by atoms with Gasteiger partial charge >= 0.3 is 0 Å². The van der Waals surface area contributed by atoms with Crippen molar-refractivity contribution in [2.24, 2.45) is 0 Å². The number of hydrogen-bond acceptors (Lipinski definition) is 4. The third-order valence-corrected chi connectivity index (χ3v) is 15.6. The van der Waals surface area contributed by atoms with Gasteiger partial charge in [-0.15, -0.1) is 41.4 Å². The molecule has 0 atom stereocenters. The predicted molar refractivity (Wildman–Crippen MR) is 272 cm³/mol. The Morgan fingerprint density at radius 2 is 1.12 bits per heavy atom. The van der Waals surface area contributed by atoms with Crippen LogP contribution in [-0.2, 0) is 26.5 Å². The molecule has 0 unspecified atom stereocenters. The van der Waals surface area contributed by atoms with Crippen molar-refractivity contribution in [3.8, 4) is 17.3 Å². The molecule has 336 valence electrons. The molecule has 0 radical (unpaired) electrons. The van der Waals surface area contributed by atoms with Gasteiger partial charge in [0.05, 0.1) is 0 Å². The molecular weight excluding hydrogens is 1020 g/mol. The third kappa shape index (κ3) is 5.60. The average molecular weight is 1070 g/mol. The van der Waals surface area contributed by atoms with Crippen molar-refractivity contribution in [2.75, 3.05) is 16.8 Å². The first-order valence-electron chi connectivity index (χ1n) is 25.2.